The van der Waals surface area contributed by atoms with Crippen LogP contribution in [-0.4, -0.2) is 27.7 Å². The Morgan fingerprint density at radius 2 is 1.91 bits per heavy atom. The molecule has 0 radical (unpaired) electrons. The van der Waals surface area contributed by atoms with Gasteiger partial charge in [0.2, 0.25) is 5.91 Å². The van der Waals surface area contributed by atoms with Gasteiger partial charge in [0.1, 0.15) is 23.1 Å². The maximum atomic E-state index is 13.8. The first kappa shape index (κ1) is 19.3. The summed E-state index contributed by atoms with van der Waals surface area (Å²) in [5, 5.41) is 28.7. The molecule has 1 spiro atoms. The van der Waals surface area contributed by atoms with Gasteiger partial charge in [0.15, 0.2) is 0 Å². The third-order valence-corrected chi connectivity index (χ3v) is 6.04. The molecule has 10 heteroatoms. The summed E-state index contributed by atoms with van der Waals surface area (Å²) < 4.78 is 1.55. The van der Waals surface area contributed by atoms with E-state index >= 15 is 0 Å². The highest BCUT2D eigenvalue weighted by atomic mass is 16.6. The summed E-state index contributed by atoms with van der Waals surface area (Å²) in [6.45, 7) is 1.76. The van der Waals surface area contributed by atoms with Crippen LogP contribution in [0.3, 0.4) is 0 Å². The van der Waals surface area contributed by atoms with Gasteiger partial charge in [-0.15, -0.1) is 0 Å². The van der Waals surface area contributed by atoms with Gasteiger partial charge in [-0.3, -0.25) is 14.9 Å². The number of nitrogens with one attached hydrogen (secondary N) is 1. The predicted octanol–water partition coefficient (Wildman–Crippen LogP) is 2.47. The number of aryl methyl sites for hydroxylation is 1. The number of para-hydroxylation sites is 1. The van der Waals surface area contributed by atoms with Crippen molar-refractivity contribution >= 4 is 23.1 Å². The van der Waals surface area contributed by atoms with Crippen LogP contribution in [0.1, 0.15) is 16.8 Å². The van der Waals surface area contributed by atoms with Crippen LogP contribution < -0.4 is 16.0 Å². The Morgan fingerprint density at radius 3 is 2.56 bits per heavy atom. The van der Waals surface area contributed by atoms with Crippen molar-refractivity contribution < 1.29 is 9.72 Å². The summed E-state index contributed by atoms with van der Waals surface area (Å²) in [6, 6.07) is 15.3. The van der Waals surface area contributed by atoms with Gasteiger partial charge in [0.25, 0.3) is 5.69 Å². The number of likely N-dealkylation sites (N-methyl/N-ethyl adjacent to an activating group) is 1. The fraction of sp³-hybridized carbons (Fsp3) is 0.136. The average Bonchev–Trinajstić information content (AvgIpc) is 3.22. The molecule has 1 unspecified atom stereocenters. The number of carbonyl (C=O) groups excluding carboxylic acids is 1. The van der Waals surface area contributed by atoms with Crippen LogP contribution in [0.4, 0.5) is 17.2 Å². The second kappa shape index (κ2) is 6.42. The Labute approximate surface area is 182 Å². The van der Waals surface area contributed by atoms with Gasteiger partial charge in [0, 0.05) is 36.0 Å². The molecule has 2 aliphatic heterocycles. The zero-order chi connectivity index (χ0) is 22.8. The molecule has 0 bridgehead atoms. The molecule has 2 aliphatic rings. The van der Waals surface area contributed by atoms with E-state index in [-0.39, 0.29) is 23.0 Å². The van der Waals surface area contributed by atoms with Crippen molar-refractivity contribution in [2.45, 2.75) is 12.3 Å². The zero-order valence-electron chi connectivity index (χ0n) is 17.2. The molecule has 2 aromatic carbocycles. The second-order valence-corrected chi connectivity index (χ2v) is 7.65. The largest absolute Gasteiger partial charge is 0.384 e. The minimum Gasteiger partial charge on any atom is -0.384 e. The summed E-state index contributed by atoms with van der Waals surface area (Å²) in [4.78, 5) is 25.9. The predicted molar refractivity (Wildman–Crippen MR) is 116 cm³/mol. The normalized spacial score (nSPS) is 18.9. The minimum atomic E-state index is -1.44. The van der Waals surface area contributed by atoms with Crippen LogP contribution in [-0.2, 0) is 10.2 Å². The molecule has 3 heterocycles. The van der Waals surface area contributed by atoms with Crippen molar-refractivity contribution in [3.63, 3.8) is 0 Å². The molecule has 0 saturated carbocycles. The molecule has 0 fully saturated rings. The van der Waals surface area contributed by atoms with E-state index in [0.29, 0.717) is 34.0 Å². The first-order valence-corrected chi connectivity index (χ1v) is 9.72. The van der Waals surface area contributed by atoms with Gasteiger partial charge in [-0.2, -0.15) is 10.4 Å². The van der Waals surface area contributed by atoms with Crippen molar-refractivity contribution in [1.29, 1.82) is 5.26 Å². The molecule has 3 aromatic rings. The standard InChI is InChI=1S/C22H17N7O3/c1-12-18-20(28(26-12)13-7-9-14(10-8-13)29(31)32)25-19(24)16(11-23)22(18)15-5-3-4-6-17(15)27(2)21(22)30/h3-10,25H,24H2,1-2H3. The number of hydrogen-bond donors (Lipinski definition) is 2. The van der Waals surface area contributed by atoms with Crippen molar-refractivity contribution in [2.75, 3.05) is 17.3 Å². The summed E-state index contributed by atoms with van der Waals surface area (Å²) in [5.74, 6) is 0.195. The molecule has 158 valence electrons. The molecule has 10 nitrogen and oxygen atoms in total. The third-order valence-electron chi connectivity index (χ3n) is 6.04. The number of amides is 1. The number of nitriles is 1. The Morgan fingerprint density at radius 1 is 1.22 bits per heavy atom. The van der Waals surface area contributed by atoms with E-state index in [9.17, 15) is 20.2 Å². The number of non-ortho nitro benzene ring substituents is 1. The first-order chi connectivity index (χ1) is 15.3. The van der Waals surface area contributed by atoms with Gasteiger partial charge < -0.3 is 16.0 Å². The lowest BCUT2D eigenvalue weighted by Crippen LogP contribution is -2.45. The van der Waals surface area contributed by atoms with Crippen LogP contribution >= 0.6 is 0 Å². The van der Waals surface area contributed by atoms with E-state index in [4.69, 9.17) is 5.73 Å². The second-order valence-electron chi connectivity index (χ2n) is 7.65. The summed E-state index contributed by atoms with van der Waals surface area (Å²) in [6.07, 6.45) is 0. The first-order valence-electron chi connectivity index (χ1n) is 9.72. The van der Waals surface area contributed by atoms with Gasteiger partial charge >= 0.3 is 0 Å². The molecule has 32 heavy (non-hydrogen) atoms. The van der Waals surface area contributed by atoms with E-state index in [0.717, 1.165) is 0 Å². The van der Waals surface area contributed by atoms with Crippen LogP contribution in [0.5, 0.6) is 0 Å². The number of hydrogen-bond acceptors (Lipinski definition) is 7. The Hall–Kier alpha value is -4.65. The number of nitro benzene ring substituents is 1. The average molecular weight is 427 g/mol. The number of anilines is 2. The lowest BCUT2D eigenvalue weighted by atomic mass is 9.68. The van der Waals surface area contributed by atoms with Crippen LogP contribution in [0.15, 0.2) is 59.9 Å². The van der Waals surface area contributed by atoms with Crippen molar-refractivity contribution in [3.8, 4) is 11.8 Å². The lowest BCUT2D eigenvalue weighted by molar-refractivity contribution is -0.384. The molecule has 1 aromatic heterocycles. The smallest absolute Gasteiger partial charge is 0.269 e. The van der Waals surface area contributed by atoms with E-state index in [1.54, 1.807) is 30.8 Å². The molecule has 0 aliphatic carbocycles. The van der Waals surface area contributed by atoms with Gasteiger partial charge in [-0.25, -0.2) is 4.68 Å². The molecule has 1 atom stereocenters. The monoisotopic (exact) mass is 427 g/mol. The van der Waals surface area contributed by atoms with Crippen molar-refractivity contribution in [2.24, 2.45) is 5.73 Å². The minimum absolute atomic E-state index is 0.0522. The highest BCUT2D eigenvalue weighted by Crippen LogP contribution is 2.55. The maximum Gasteiger partial charge on any atom is 0.269 e. The quantitative estimate of drug-likeness (QED) is 0.472. The number of nitrogens with zero attached hydrogens (tertiary/aromatic N) is 5. The fourth-order valence-electron chi connectivity index (χ4n) is 4.70. The summed E-state index contributed by atoms with van der Waals surface area (Å²) in [5.41, 5.74) is 7.86. The van der Waals surface area contributed by atoms with Crippen LogP contribution in [0.25, 0.3) is 5.69 Å². The van der Waals surface area contributed by atoms with Gasteiger partial charge in [0.05, 0.1) is 21.9 Å². The van der Waals surface area contributed by atoms with E-state index < -0.39 is 10.3 Å². The molecule has 0 saturated heterocycles. The van der Waals surface area contributed by atoms with E-state index in [1.165, 1.54) is 17.0 Å². The highest BCUT2D eigenvalue weighted by molar-refractivity contribution is 6.14. The molecule has 5 rings (SSSR count). The summed E-state index contributed by atoms with van der Waals surface area (Å²) >= 11 is 0. The van der Waals surface area contributed by atoms with Crippen molar-refractivity contribution in [3.05, 3.63) is 86.9 Å². The Kier molecular flexibility index (Phi) is 3.88. The maximum absolute atomic E-state index is 13.8. The topological polar surface area (TPSA) is 143 Å². The van der Waals surface area contributed by atoms with Gasteiger partial charge in [-0.05, 0) is 25.1 Å². The number of rotatable bonds is 2. The van der Waals surface area contributed by atoms with Crippen LogP contribution in [0, 0.1) is 28.4 Å². The number of fused-ring (bicyclic) bond motifs is 4. The Balaban J connectivity index is 1.83. The number of nitrogens with two attached hydrogens (primary N) is 1. The molecular formula is C22H17N7O3. The molecule has 3 N–H and O–H groups in total. The van der Waals surface area contributed by atoms with E-state index in [1.807, 2.05) is 24.3 Å². The van der Waals surface area contributed by atoms with Crippen LogP contribution in [0.2, 0.25) is 0 Å². The van der Waals surface area contributed by atoms with Crippen molar-refractivity contribution in [1.82, 2.24) is 9.78 Å². The Bertz CT molecular complexity index is 1400. The number of benzene rings is 2. The molecule has 1 amide bonds. The third kappa shape index (κ3) is 2.22. The number of carbonyl (C=O) groups is 1. The molecular weight excluding hydrogens is 410 g/mol. The number of nitro groups is 1. The number of aromatic nitrogens is 2. The fourth-order valence-corrected chi connectivity index (χ4v) is 4.70. The SMILES string of the molecule is Cc1nn(-c2ccc([N+](=O)[O-])cc2)c2c1C1(C(=O)N(C)c3ccccc31)C(C#N)=C(N)N2. The highest BCUT2D eigenvalue weighted by Gasteiger charge is 2.59. The lowest BCUT2D eigenvalue weighted by Gasteiger charge is -2.34. The van der Waals surface area contributed by atoms with Gasteiger partial charge in [-0.1, -0.05) is 18.2 Å². The van der Waals surface area contributed by atoms with E-state index in [2.05, 4.69) is 16.5 Å². The summed E-state index contributed by atoms with van der Waals surface area (Å²) in [7, 11) is 1.67. The zero-order valence-corrected chi connectivity index (χ0v) is 17.2.